The fourth-order valence-electron chi connectivity index (χ4n) is 0.848. The number of halogens is 3. The summed E-state index contributed by atoms with van der Waals surface area (Å²) in [4.78, 5) is 17.4. The molecule has 1 rings (SSSR count). The van der Waals surface area contributed by atoms with Crippen LogP contribution < -0.4 is 0 Å². The van der Waals surface area contributed by atoms with Gasteiger partial charge in [-0.25, -0.2) is 14.8 Å². The fourth-order valence-corrected chi connectivity index (χ4v) is 0.848. The van der Waals surface area contributed by atoms with E-state index in [4.69, 9.17) is 5.11 Å². The standard InChI is InChI=1S/C8H7F3N2O2/c9-8(10,11)2-1-6-12-3-5(4-13-6)7(14)15/h3-4H,1-2H2,(H,14,15). The van der Waals surface area contributed by atoms with Crippen LogP contribution in [0.4, 0.5) is 13.2 Å². The lowest BCUT2D eigenvalue weighted by Crippen LogP contribution is -2.10. The minimum atomic E-state index is -4.26. The Labute approximate surface area is 82.8 Å². The number of nitrogens with zero attached hydrogens (tertiary/aromatic N) is 2. The Morgan fingerprint density at radius 1 is 1.33 bits per heavy atom. The minimum absolute atomic E-state index is 0.0164. The molecule has 1 aromatic heterocycles. The summed E-state index contributed by atoms with van der Waals surface area (Å²) in [7, 11) is 0. The summed E-state index contributed by atoms with van der Waals surface area (Å²) in [5.74, 6) is -1.23. The largest absolute Gasteiger partial charge is 0.478 e. The highest BCUT2D eigenvalue weighted by Crippen LogP contribution is 2.20. The molecule has 0 radical (unpaired) electrons. The maximum atomic E-state index is 11.8. The van der Waals surface area contributed by atoms with E-state index in [1.165, 1.54) is 0 Å². The molecule has 0 aromatic carbocycles. The van der Waals surface area contributed by atoms with E-state index in [1.54, 1.807) is 0 Å². The lowest BCUT2D eigenvalue weighted by molar-refractivity contribution is -0.134. The van der Waals surface area contributed by atoms with Gasteiger partial charge in [0.2, 0.25) is 0 Å². The lowest BCUT2D eigenvalue weighted by Gasteiger charge is -2.04. The molecule has 0 spiro atoms. The van der Waals surface area contributed by atoms with Crippen molar-refractivity contribution < 1.29 is 23.1 Å². The molecule has 0 atom stereocenters. The second kappa shape index (κ2) is 4.24. The summed E-state index contributed by atoms with van der Waals surface area (Å²) in [6, 6.07) is 0. The summed E-state index contributed by atoms with van der Waals surface area (Å²) < 4.78 is 35.4. The summed E-state index contributed by atoms with van der Waals surface area (Å²) >= 11 is 0. The first kappa shape index (κ1) is 11.4. The number of carboxylic acid groups (broad SMARTS) is 1. The first-order valence-corrected chi connectivity index (χ1v) is 3.99. The van der Waals surface area contributed by atoms with E-state index < -0.39 is 18.6 Å². The van der Waals surface area contributed by atoms with E-state index in [9.17, 15) is 18.0 Å². The number of rotatable bonds is 3. The molecule has 1 aromatic rings. The van der Waals surface area contributed by atoms with E-state index in [1.807, 2.05) is 0 Å². The molecular weight excluding hydrogens is 213 g/mol. The lowest BCUT2D eigenvalue weighted by atomic mass is 10.3. The first-order chi connectivity index (χ1) is 6.88. The fraction of sp³-hybridized carbons (Fsp3) is 0.375. The van der Waals surface area contributed by atoms with Crippen LogP contribution in [0.5, 0.6) is 0 Å². The van der Waals surface area contributed by atoms with Crippen molar-refractivity contribution in [2.24, 2.45) is 0 Å². The highest BCUT2D eigenvalue weighted by Gasteiger charge is 2.27. The van der Waals surface area contributed by atoms with E-state index in [-0.39, 0.29) is 17.8 Å². The molecule has 1 heterocycles. The summed E-state index contributed by atoms with van der Waals surface area (Å²) in [6.45, 7) is 0. The highest BCUT2D eigenvalue weighted by atomic mass is 19.4. The number of carboxylic acids is 1. The van der Waals surface area contributed by atoms with E-state index in [0.29, 0.717) is 0 Å². The van der Waals surface area contributed by atoms with Crippen LogP contribution in [0.3, 0.4) is 0 Å². The van der Waals surface area contributed by atoms with Crippen LogP contribution in [0, 0.1) is 0 Å². The normalized spacial score (nSPS) is 11.4. The second-order valence-electron chi connectivity index (χ2n) is 2.81. The number of alkyl halides is 3. The molecule has 0 fully saturated rings. The van der Waals surface area contributed by atoms with Gasteiger partial charge in [-0.15, -0.1) is 0 Å². The van der Waals surface area contributed by atoms with Crippen LogP contribution in [0.1, 0.15) is 22.6 Å². The molecule has 0 saturated carbocycles. The van der Waals surface area contributed by atoms with Crippen molar-refractivity contribution in [1.82, 2.24) is 9.97 Å². The van der Waals surface area contributed by atoms with Crippen LogP contribution in [0.15, 0.2) is 12.4 Å². The van der Waals surface area contributed by atoms with Gasteiger partial charge in [-0.1, -0.05) is 0 Å². The Hall–Kier alpha value is -1.66. The van der Waals surface area contributed by atoms with Crippen LogP contribution in [-0.2, 0) is 6.42 Å². The molecule has 0 amide bonds. The van der Waals surface area contributed by atoms with Gasteiger partial charge < -0.3 is 5.11 Å². The van der Waals surface area contributed by atoms with Gasteiger partial charge in [-0.2, -0.15) is 13.2 Å². The van der Waals surface area contributed by atoms with Gasteiger partial charge >= 0.3 is 12.1 Å². The predicted octanol–water partition coefficient (Wildman–Crippen LogP) is 1.67. The van der Waals surface area contributed by atoms with Gasteiger partial charge in [0, 0.05) is 18.8 Å². The number of aromatic nitrogens is 2. The molecule has 82 valence electrons. The molecule has 0 aliphatic heterocycles. The SMILES string of the molecule is O=C(O)c1cnc(CCC(F)(F)F)nc1. The van der Waals surface area contributed by atoms with Gasteiger partial charge in [0.1, 0.15) is 5.82 Å². The Morgan fingerprint density at radius 3 is 2.27 bits per heavy atom. The zero-order valence-electron chi connectivity index (χ0n) is 7.45. The van der Waals surface area contributed by atoms with Crippen molar-refractivity contribution in [2.75, 3.05) is 0 Å². The molecule has 0 aliphatic carbocycles. The second-order valence-corrected chi connectivity index (χ2v) is 2.81. The molecule has 0 saturated heterocycles. The molecule has 0 unspecified atom stereocenters. The van der Waals surface area contributed by atoms with Gasteiger partial charge in [0.05, 0.1) is 12.0 Å². The average molecular weight is 220 g/mol. The molecule has 1 N–H and O–H groups in total. The van der Waals surface area contributed by atoms with Gasteiger partial charge in [0.25, 0.3) is 0 Å². The third-order valence-electron chi connectivity index (χ3n) is 1.58. The number of carbonyl (C=O) groups is 1. The number of aromatic carboxylic acids is 1. The Kier molecular flexibility index (Phi) is 3.23. The minimum Gasteiger partial charge on any atom is -0.478 e. The van der Waals surface area contributed by atoms with Crippen molar-refractivity contribution >= 4 is 5.97 Å². The molecule has 15 heavy (non-hydrogen) atoms. The smallest absolute Gasteiger partial charge is 0.389 e. The quantitative estimate of drug-likeness (QED) is 0.841. The third-order valence-corrected chi connectivity index (χ3v) is 1.58. The van der Waals surface area contributed by atoms with Crippen molar-refractivity contribution in [1.29, 1.82) is 0 Å². The number of hydrogen-bond donors (Lipinski definition) is 1. The van der Waals surface area contributed by atoms with Gasteiger partial charge in [0.15, 0.2) is 0 Å². The number of hydrogen-bond acceptors (Lipinski definition) is 3. The maximum Gasteiger partial charge on any atom is 0.389 e. The number of aryl methyl sites for hydroxylation is 1. The Morgan fingerprint density at radius 2 is 1.87 bits per heavy atom. The van der Waals surface area contributed by atoms with Gasteiger partial charge in [-0.05, 0) is 0 Å². The molecule has 0 bridgehead atoms. The molecule has 4 nitrogen and oxygen atoms in total. The first-order valence-electron chi connectivity index (χ1n) is 3.99. The monoisotopic (exact) mass is 220 g/mol. The Bertz CT molecular complexity index is 348. The van der Waals surface area contributed by atoms with Crippen molar-refractivity contribution in [3.63, 3.8) is 0 Å². The topological polar surface area (TPSA) is 63.1 Å². The van der Waals surface area contributed by atoms with E-state index in [0.717, 1.165) is 12.4 Å². The van der Waals surface area contributed by atoms with E-state index in [2.05, 4.69) is 9.97 Å². The average Bonchev–Trinajstić information content (AvgIpc) is 2.14. The van der Waals surface area contributed by atoms with E-state index >= 15 is 0 Å². The van der Waals surface area contributed by atoms with Crippen LogP contribution in [-0.4, -0.2) is 27.2 Å². The molecule has 0 aliphatic rings. The van der Waals surface area contributed by atoms with Crippen LogP contribution >= 0.6 is 0 Å². The summed E-state index contributed by atoms with van der Waals surface area (Å²) in [5.41, 5.74) is -0.147. The summed E-state index contributed by atoms with van der Waals surface area (Å²) in [5, 5.41) is 8.47. The van der Waals surface area contributed by atoms with Gasteiger partial charge in [-0.3, -0.25) is 0 Å². The van der Waals surface area contributed by atoms with Crippen LogP contribution in [0.2, 0.25) is 0 Å². The van der Waals surface area contributed by atoms with Crippen molar-refractivity contribution in [3.05, 3.63) is 23.8 Å². The molecular formula is C8H7F3N2O2. The zero-order valence-corrected chi connectivity index (χ0v) is 7.45. The van der Waals surface area contributed by atoms with Crippen molar-refractivity contribution in [3.8, 4) is 0 Å². The zero-order chi connectivity index (χ0) is 11.5. The van der Waals surface area contributed by atoms with Crippen LogP contribution in [0.25, 0.3) is 0 Å². The summed E-state index contributed by atoms with van der Waals surface area (Å²) in [6.07, 6.45) is -3.64. The van der Waals surface area contributed by atoms with Crippen molar-refractivity contribution in [2.45, 2.75) is 19.0 Å². The molecule has 7 heteroatoms. The highest BCUT2D eigenvalue weighted by molar-refractivity contribution is 5.86. The third kappa shape index (κ3) is 3.92. The predicted molar refractivity (Wildman–Crippen MR) is 43.4 cm³/mol. The maximum absolute atomic E-state index is 11.8. The Balaban J connectivity index is 2.61.